The largest absolute Gasteiger partial charge is 0.383 e. The first-order valence-electron chi connectivity index (χ1n) is 20.2. The molecule has 298 valence electrons. The topological polar surface area (TPSA) is 213 Å². The smallest absolute Gasteiger partial charge is 0.234 e. The van der Waals surface area contributed by atoms with E-state index in [1.807, 2.05) is 18.3 Å². The van der Waals surface area contributed by atoms with E-state index in [1.165, 1.54) is 12.1 Å². The Hall–Kier alpha value is -6.39. The van der Waals surface area contributed by atoms with Gasteiger partial charge < -0.3 is 16.0 Å². The van der Waals surface area contributed by atoms with Gasteiger partial charge in [0, 0.05) is 54.7 Å². The van der Waals surface area contributed by atoms with E-state index in [-0.39, 0.29) is 29.1 Å². The molecule has 16 nitrogen and oxygen atoms in total. The van der Waals surface area contributed by atoms with E-state index >= 15 is 0 Å². The lowest BCUT2D eigenvalue weighted by Crippen LogP contribution is -2.56. The predicted molar refractivity (Wildman–Crippen MR) is 218 cm³/mol. The second-order valence-electron chi connectivity index (χ2n) is 16.1. The van der Waals surface area contributed by atoms with E-state index in [0.717, 1.165) is 56.6 Å². The van der Waals surface area contributed by atoms with Gasteiger partial charge in [-0.3, -0.25) is 19.8 Å². The Morgan fingerprint density at radius 2 is 1.81 bits per heavy atom. The number of anilines is 3. The number of hydrogen-bond donors (Lipinski definition) is 3. The SMILES string of the molecule is C[C@H](C#N)Nc1cc(-n2ncc3cc(C#N)c(N)nc32)ncc1-n1cc(C2CCC(CCN3C[C@H](C)N(c4ccc(C5CCC(=O)NC5=O)cc4)C[C@H]3C)CC2)nn1. The number of carbonyl (C=O) groups excluding carboxylic acids is 2. The molecule has 0 spiro atoms. The summed E-state index contributed by atoms with van der Waals surface area (Å²) >= 11 is 0. The zero-order valence-electron chi connectivity index (χ0n) is 33.0. The molecule has 3 aliphatic rings. The van der Waals surface area contributed by atoms with Crippen molar-refractivity contribution in [2.45, 2.75) is 95.7 Å². The van der Waals surface area contributed by atoms with Crippen LogP contribution in [0.25, 0.3) is 22.5 Å². The molecule has 0 radical (unpaired) electrons. The first-order valence-corrected chi connectivity index (χ1v) is 20.2. The lowest BCUT2D eigenvalue weighted by molar-refractivity contribution is -0.134. The zero-order valence-corrected chi connectivity index (χ0v) is 33.0. The van der Waals surface area contributed by atoms with Crippen molar-refractivity contribution in [1.82, 2.24) is 45.0 Å². The van der Waals surface area contributed by atoms with Gasteiger partial charge in [0.1, 0.15) is 23.6 Å². The highest BCUT2D eigenvalue weighted by Gasteiger charge is 2.32. The second-order valence-corrected chi connectivity index (χ2v) is 16.1. The fourth-order valence-corrected chi connectivity index (χ4v) is 8.80. The predicted octanol–water partition coefficient (Wildman–Crippen LogP) is 4.96. The molecule has 1 aliphatic carbocycles. The highest BCUT2D eigenvalue weighted by Crippen LogP contribution is 2.37. The van der Waals surface area contributed by atoms with Crippen LogP contribution in [0.15, 0.2) is 55.0 Å². The number of piperazine rings is 1. The van der Waals surface area contributed by atoms with Crippen molar-refractivity contribution in [3.05, 3.63) is 71.8 Å². The summed E-state index contributed by atoms with van der Waals surface area (Å²) in [6.07, 6.45) is 11.8. The molecular formula is C42H48N14O2. The number of nitrogens with two attached hydrogens (primary N) is 1. The normalized spacial score (nSPS) is 23.3. The molecule has 4 atom stereocenters. The minimum atomic E-state index is -0.491. The summed E-state index contributed by atoms with van der Waals surface area (Å²) in [5.41, 5.74) is 11.1. The van der Waals surface area contributed by atoms with Crippen LogP contribution in [0.2, 0.25) is 0 Å². The van der Waals surface area contributed by atoms with Crippen LogP contribution >= 0.6 is 0 Å². The van der Waals surface area contributed by atoms with Gasteiger partial charge in [-0.2, -0.15) is 20.3 Å². The number of amides is 2. The van der Waals surface area contributed by atoms with Gasteiger partial charge in [0.05, 0.1) is 47.5 Å². The molecular weight excluding hydrogens is 733 g/mol. The minimum absolute atomic E-state index is 0.113. The van der Waals surface area contributed by atoms with E-state index in [4.69, 9.17) is 5.73 Å². The number of nitriles is 2. The fraction of sp³-hybridized carbons (Fsp3) is 0.452. The Morgan fingerprint density at radius 3 is 2.55 bits per heavy atom. The van der Waals surface area contributed by atoms with Gasteiger partial charge in [0.25, 0.3) is 0 Å². The molecule has 8 rings (SSSR count). The first-order chi connectivity index (χ1) is 28.1. The van der Waals surface area contributed by atoms with Gasteiger partial charge in [0.15, 0.2) is 11.5 Å². The molecule has 3 fully saturated rings. The molecule has 6 heterocycles. The summed E-state index contributed by atoms with van der Waals surface area (Å²) in [4.78, 5) is 38.2. The Labute approximate surface area is 337 Å². The molecule has 0 bridgehead atoms. The van der Waals surface area contributed by atoms with Crippen LogP contribution in [0, 0.1) is 28.6 Å². The number of hydrogen-bond acceptors (Lipinski definition) is 13. The number of nitrogens with zero attached hydrogens (tertiary/aromatic N) is 11. The molecule has 2 aliphatic heterocycles. The zero-order chi connectivity index (χ0) is 40.5. The van der Waals surface area contributed by atoms with Crippen molar-refractivity contribution >= 4 is 40.0 Å². The average Bonchev–Trinajstić information content (AvgIpc) is 3.89. The number of pyridine rings is 2. The molecule has 5 aromatic rings. The molecule has 2 saturated heterocycles. The minimum Gasteiger partial charge on any atom is -0.383 e. The lowest BCUT2D eigenvalue weighted by Gasteiger charge is -2.46. The number of benzene rings is 1. The Morgan fingerprint density at radius 1 is 1.02 bits per heavy atom. The standard InChI is InChI=1S/C42H48N14O2/c1-25(18-43)48-35-17-38(56-41-32(20-47-56)16-31(19-44)40(45)50-41)46-21-37(35)55-24-36(51-52-55)30-6-4-28(5-7-30)14-15-53-22-27(3)54(23-26(53)2)33-10-8-29(9-11-33)34-12-13-39(57)49-42(34)58/h8-11,16-17,20-21,24-28,30,34H,4-7,12-15,22-23H2,1-3H3,(H2,45,50)(H,46,48)(H,49,57,58)/t25-,26-,27+,28?,30?,34?/m1/s1. The summed E-state index contributed by atoms with van der Waals surface area (Å²) in [7, 11) is 0. The molecule has 1 saturated carbocycles. The molecule has 16 heteroatoms. The van der Waals surface area contributed by atoms with Crippen LogP contribution in [-0.4, -0.2) is 89.2 Å². The van der Waals surface area contributed by atoms with Crippen LogP contribution in [0.4, 0.5) is 17.2 Å². The highest BCUT2D eigenvalue weighted by atomic mass is 16.2. The number of nitrogens with one attached hydrogen (secondary N) is 2. The number of aromatic nitrogens is 7. The summed E-state index contributed by atoms with van der Waals surface area (Å²) in [6.45, 7) is 9.42. The number of fused-ring (bicyclic) bond motifs is 1. The van der Waals surface area contributed by atoms with Crippen molar-refractivity contribution in [2.24, 2.45) is 5.92 Å². The first kappa shape index (κ1) is 38.5. The third-order valence-corrected chi connectivity index (χ3v) is 12.2. The van der Waals surface area contributed by atoms with Crippen LogP contribution in [0.5, 0.6) is 0 Å². The Bertz CT molecular complexity index is 2400. The average molecular weight is 781 g/mol. The summed E-state index contributed by atoms with van der Waals surface area (Å²) < 4.78 is 3.27. The Kier molecular flexibility index (Phi) is 10.8. The molecule has 58 heavy (non-hydrogen) atoms. The Balaban J connectivity index is 0.866. The van der Waals surface area contributed by atoms with Crippen molar-refractivity contribution in [1.29, 1.82) is 10.5 Å². The quantitative estimate of drug-likeness (QED) is 0.160. The molecule has 1 aromatic carbocycles. The van der Waals surface area contributed by atoms with Gasteiger partial charge in [-0.25, -0.2) is 14.6 Å². The number of carbonyl (C=O) groups is 2. The third-order valence-electron chi connectivity index (χ3n) is 12.2. The molecule has 1 unspecified atom stereocenters. The van der Waals surface area contributed by atoms with E-state index in [2.05, 4.69) is 83.9 Å². The lowest BCUT2D eigenvalue weighted by atomic mass is 9.79. The molecule has 4 N–H and O–H groups in total. The maximum absolute atomic E-state index is 12.4. The van der Waals surface area contributed by atoms with Crippen molar-refractivity contribution < 1.29 is 9.59 Å². The van der Waals surface area contributed by atoms with Gasteiger partial charge in [-0.1, -0.05) is 17.3 Å². The summed E-state index contributed by atoms with van der Waals surface area (Å²) in [6, 6.07) is 16.4. The summed E-state index contributed by atoms with van der Waals surface area (Å²) in [5.74, 6) is 0.915. The van der Waals surface area contributed by atoms with Crippen molar-refractivity contribution in [3.8, 4) is 23.6 Å². The van der Waals surface area contributed by atoms with E-state index in [1.54, 1.807) is 40.8 Å². The number of imide groups is 1. The van der Waals surface area contributed by atoms with E-state index in [0.29, 0.717) is 65.0 Å². The maximum atomic E-state index is 12.4. The van der Waals surface area contributed by atoms with Crippen molar-refractivity contribution in [3.63, 3.8) is 0 Å². The van der Waals surface area contributed by atoms with Gasteiger partial charge in [0.2, 0.25) is 11.8 Å². The molecule has 2 amide bonds. The number of nitrogen functional groups attached to an aromatic ring is 1. The van der Waals surface area contributed by atoms with Gasteiger partial charge in [-0.15, -0.1) is 5.10 Å². The van der Waals surface area contributed by atoms with E-state index in [9.17, 15) is 20.1 Å². The van der Waals surface area contributed by atoms with E-state index < -0.39 is 6.04 Å². The number of rotatable bonds is 10. The highest BCUT2D eigenvalue weighted by molar-refractivity contribution is 6.01. The van der Waals surface area contributed by atoms with Crippen molar-refractivity contribution in [2.75, 3.05) is 35.6 Å². The van der Waals surface area contributed by atoms with Crippen LogP contribution < -0.4 is 21.3 Å². The summed E-state index contributed by atoms with van der Waals surface area (Å²) in [5, 5.41) is 38.9. The van der Waals surface area contributed by atoms with Crippen LogP contribution in [0.3, 0.4) is 0 Å². The molecule has 4 aromatic heterocycles. The number of piperidine rings is 1. The van der Waals surface area contributed by atoms with Crippen LogP contribution in [0.1, 0.15) is 94.4 Å². The monoisotopic (exact) mass is 780 g/mol. The van der Waals surface area contributed by atoms with Crippen LogP contribution in [-0.2, 0) is 9.59 Å². The fourth-order valence-electron chi connectivity index (χ4n) is 8.80. The second kappa shape index (κ2) is 16.2. The maximum Gasteiger partial charge on any atom is 0.234 e. The van der Waals surface area contributed by atoms with Gasteiger partial charge >= 0.3 is 0 Å². The third kappa shape index (κ3) is 7.80. The van der Waals surface area contributed by atoms with Gasteiger partial charge in [-0.05, 0) is 95.5 Å².